The molecule has 1 aromatic heterocycles. The van der Waals surface area contributed by atoms with Crippen LogP contribution in [0.5, 0.6) is 5.75 Å². The van der Waals surface area contributed by atoms with Crippen LogP contribution >= 0.6 is 11.8 Å². The molecule has 2 N–H and O–H groups in total. The molecule has 2 amide bonds. The number of halogens is 2. The zero-order chi connectivity index (χ0) is 35.5. The number of carbonyl (C=O) groups is 3. The maximum atomic E-state index is 15.2. The summed E-state index contributed by atoms with van der Waals surface area (Å²) in [6.07, 6.45) is 6.49. The van der Waals surface area contributed by atoms with Gasteiger partial charge in [0.05, 0.1) is 23.6 Å². The number of rotatable bonds is 13. The summed E-state index contributed by atoms with van der Waals surface area (Å²) in [5.74, 6) is 0.275. The van der Waals surface area contributed by atoms with Gasteiger partial charge in [0.2, 0.25) is 0 Å². The number of nitrogens with zero attached hydrogens (tertiary/aromatic N) is 4. The third kappa shape index (κ3) is 8.46. The van der Waals surface area contributed by atoms with E-state index in [1.807, 2.05) is 0 Å². The van der Waals surface area contributed by atoms with Gasteiger partial charge in [-0.25, -0.2) is 13.8 Å². The van der Waals surface area contributed by atoms with Crippen LogP contribution in [0.4, 0.5) is 20.2 Å². The van der Waals surface area contributed by atoms with Crippen LogP contribution in [0, 0.1) is 23.5 Å². The van der Waals surface area contributed by atoms with Crippen molar-refractivity contribution in [1.82, 2.24) is 19.9 Å². The number of ether oxygens (including phenoxy) is 1. The molecule has 2 aromatic carbocycles. The number of imide groups is 1. The van der Waals surface area contributed by atoms with Crippen LogP contribution in [0.2, 0.25) is 0 Å². The Bertz CT molecular complexity index is 1830. The number of likely N-dealkylation sites (tertiary alicyclic amines) is 1. The third-order valence-corrected chi connectivity index (χ3v) is 11.6. The first-order chi connectivity index (χ1) is 24.7. The number of hydroxylamine groups is 2. The number of H-pyrrole nitrogens is 1. The average molecular weight is 725 g/mol. The van der Waals surface area contributed by atoms with E-state index in [-0.39, 0.29) is 24.7 Å². The highest BCUT2D eigenvalue weighted by atomic mass is 32.2. The number of hydrogen-bond acceptors (Lipinski definition) is 11. The molecule has 1 atom stereocenters. The highest BCUT2D eigenvalue weighted by Crippen LogP contribution is 2.32. The number of benzene rings is 2. The molecule has 1 unspecified atom stereocenters. The van der Waals surface area contributed by atoms with E-state index >= 15 is 4.39 Å². The number of amides is 2. The van der Waals surface area contributed by atoms with Gasteiger partial charge in [0.25, 0.3) is 17.4 Å². The van der Waals surface area contributed by atoms with Crippen LogP contribution in [0.3, 0.4) is 0 Å². The lowest BCUT2D eigenvalue weighted by Crippen LogP contribution is -2.50. The molecular weight excluding hydrogens is 682 g/mol. The lowest BCUT2D eigenvalue weighted by molar-refractivity contribution is -0.197. The molecule has 0 bridgehead atoms. The Labute approximate surface area is 298 Å². The first-order valence-corrected chi connectivity index (χ1v) is 18.8. The number of hydrogen-bond donors (Lipinski definition) is 2. The zero-order valence-corrected chi connectivity index (χ0v) is 29.1. The Kier molecular flexibility index (Phi) is 10.7. The minimum absolute atomic E-state index is 0.0261. The smallest absolute Gasteiger partial charge is 0.321 e. The van der Waals surface area contributed by atoms with E-state index in [0.717, 1.165) is 71.2 Å². The van der Waals surface area contributed by atoms with Gasteiger partial charge < -0.3 is 29.7 Å². The number of aromatic amines is 1. The Balaban J connectivity index is 0.845. The van der Waals surface area contributed by atoms with Crippen LogP contribution in [-0.2, 0) is 25.0 Å². The first-order valence-electron chi connectivity index (χ1n) is 17.7. The van der Waals surface area contributed by atoms with Gasteiger partial charge in [-0.05, 0) is 88.1 Å². The van der Waals surface area contributed by atoms with E-state index in [9.17, 15) is 23.6 Å². The summed E-state index contributed by atoms with van der Waals surface area (Å²) < 4.78 is 35.7. The third-order valence-electron chi connectivity index (χ3n) is 10.2. The van der Waals surface area contributed by atoms with E-state index in [0.29, 0.717) is 63.0 Å². The molecular formula is C36H42F2N6O6S. The van der Waals surface area contributed by atoms with E-state index < -0.39 is 35.0 Å². The van der Waals surface area contributed by atoms with Crippen molar-refractivity contribution in [2.45, 2.75) is 68.4 Å². The largest absolute Gasteiger partial charge is 0.493 e. The molecule has 1 aliphatic carbocycles. The highest BCUT2D eigenvalue weighted by molar-refractivity contribution is 7.99. The van der Waals surface area contributed by atoms with E-state index in [1.54, 1.807) is 30.0 Å². The predicted molar refractivity (Wildman–Crippen MR) is 188 cm³/mol. The molecule has 15 heteroatoms. The molecule has 272 valence electrons. The van der Waals surface area contributed by atoms with Gasteiger partial charge in [-0.1, -0.05) is 0 Å². The Morgan fingerprint density at radius 1 is 0.941 bits per heavy atom. The summed E-state index contributed by atoms with van der Waals surface area (Å²) in [6, 6.07) is 6.90. The highest BCUT2D eigenvalue weighted by Gasteiger charge is 2.36. The van der Waals surface area contributed by atoms with Crippen molar-refractivity contribution in [2.24, 2.45) is 11.8 Å². The molecule has 3 aliphatic heterocycles. The summed E-state index contributed by atoms with van der Waals surface area (Å²) in [7, 11) is 0. The lowest BCUT2D eigenvalue weighted by Gasteiger charge is -2.38. The Morgan fingerprint density at radius 3 is 2.45 bits per heavy atom. The minimum Gasteiger partial charge on any atom is -0.493 e. The van der Waals surface area contributed by atoms with Crippen molar-refractivity contribution in [3.05, 3.63) is 58.1 Å². The van der Waals surface area contributed by atoms with Crippen molar-refractivity contribution < 1.29 is 32.7 Å². The number of piperidine rings is 3. The van der Waals surface area contributed by atoms with Crippen molar-refractivity contribution in [3.8, 4) is 5.75 Å². The average Bonchev–Trinajstić information content (AvgIpc) is 3.95. The van der Waals surface area contributed by atoms with Gasteiger partial charge in [-0.2, -0.15) is 11.8 Å². The molecule has 0 radical (unpaired) electrons. The maximum Gasteiger partial charge on any atom is 0.321 e. The molecule has 51 heavy (non-hydrogen) atoms. The summed E-state index contributed by atoms with van der Waals surface area (Å²) in [6.45, 7) is 5.08. The number of carbonyl (C=O) groups excluding carboxylic acids is 3. The maximum absolute atomic E-state index is 15.2. The summed E-state index contributed by atoms with van der Waals surface area (Å²) >= 11 is 1.78. The molecule has 4 heterocycles. The normalized spacial score (nSPS) is 20.9. The zero-order valence-electron chi connectivity index (χ0n) is 28.3. The SMILES string of the molecule is O=CON1C(=O)CCC(Nc2ccc(N3CCC(CN4CCC(SCc5nc6cc(OCC7CC7)cc(F)c6c(=O)[nH]5)CC4)CC3)c(F)c2)C1=O. The topological polar surface area (TPSA) is 137 Å². The number of thioether (sulfide) groups is 1. The van der Waals surface area contributed by atoms with Crippen LogP contribution in [0.25, 0.3) is 10.9 Å². The predicted octanol–water partition coefficient (Wildman–Crippen LogP) is 4.62. The molecule has 12 nitrogen and oxygen atoms in total. The molecule has 4 aliphatic rings. The van der Waals surface area contributed by atoms with Crippen LogP contribution in [0.15, 0.2) is 35.1 Å². The van der Waals surface area contributed by atoms with Crippen molar-refractivity contribution in [2.75, 3.05) is 49.5 Å². The quantitative estimate of drug-likeness (QED) is 0.189. The second-order valence-electron chi connectivity index (χ2n) is 13.9. The standard InChI is InChI=1S/C36H42F2N6O6S/c37-27-15-24(39-29-4-6-33(46)44(36(29)48)50-21-45)3-5-31(27)43-13-7-22(8-14-43)18-42-11-9-26(10-12-42)51-20-32-40-30-17-25(49-19-23-1-2-23)16-28(38)34(30)35(47)41-32/h3,5,15-17,21-23,26,29,39H,1-2,4,6-14,18-20H2,(H,40,41,47). The second kappa shape index (κ2) is 15.6. The number of anilines is 2. The molecule has 3 aromatic rings. The van der Waals surface area contributed by atoms with E-state index in [4.69, 9.17) is 4.74 Å². The van der Waals surface area contributed by atoms with Gasteiger partial charge in [0, 0.05) is 49.1 Å². The molecule has 0 spiro atoms. The summed E-state index contributed by atoms with van der Waals surface area (Å²) in [5.41, 5.74) is 0.784. The van der Waals surface area contributed by atoms with Crippen LogP contribution < -0.4 is 20.5 Å². The van der Waals surface area contributed by atoms with Crippen molar-refractivity contribution in [1.29, 1.82) is 0 Å². The molecule has 7 rings (SSSR count). The van der Waals surface area contributed by atoms with Gasteiger partial charge in [0.15, 0.2) is 0 Å². The van der Waals surface area contributed by atoms with Gasteiger partial charge >= 0.3 is 6.47 Å². The number of nitrogens with one attached hydrogen (secondary N) is 2. The minimum atomic E-state index is -0.808. The van der Waals surface area contributed by atoms with Crippen molar-refractivity contribution in [3.63, 3.8) is 0 Å². The van der Waals surface area contributed by atoms with Crippen LogP contribution in [0.1, 0.15) is 57.2 Å². The number of aromatic nitrogens is 2. The van der Waals surface area contributed by atoms with Crippen molar-refractivity contribution >= 4 is 52.3 Å². The molecule has 1 saturated carbocycles. The van der Waals surface area contributed by atoms with Gasteiger partial charge in [0.1, 0.15) is 34.6 Å². The molecule has 3 saturated heterocycles. The van der Waals surface area contributed by atoms with Crippen LogP contribution in [-0.4, -0.2) is 88.8 Å². The van der Waals surface area contributed by atoms with E-state index in [2.05, 4.69) is 29.9 Å². The summed E-state index contributed by atoms with van der Waals surface area (Å²) in [5, 5.41) is 3.82. The van der Waals surface area contributed by atoms with Gasteiger partial charge in [-0.15, -0.1) is 5.06 Å². The first kappa shape index (κ1) is 35.2. The monoisotopic (exact) mass is 724 g/mol. The van der Waals surface area contributed by atoms with Gasteiger partial charge in [-0.3, -0.25) is 19.2 Å². The number of fused-ring (bicyclic) bond motifs is 1. The second-order valence-corrected chi connectivity index (χ2v) is 15.2. The fourth-order valence-electron chi connectivity index (χ4n) is 7.17. The Hall–Kier alpha value is -4.24. The fraction of sp³-hybridized carbons (Fsp3) is 0.528. The summed E-state index contributed by atoms with van der Waals surface area (Å²) in [4.78, 5) is 64.2. The lowest BCUT2D eigenvalue weighted by atomic mass is 9.95. The molecule has 4 fully saturated rings. The fourth-order valence-corrected chi connectivity index (χ4v) is 8.25. The van der Waals surface area contributed by atoms with E-state index in [1.165, 1.54) is 12.1 Å². The Morgan fingerprint density at radius 2 is 1.73 bits per heavy atom.